The van der Waals surface area contributed by atoms with Crippen molar-refractivity contribution in [2.24, 2.45) is 23.2 Å². The topological polar surface area (TPSA) is 69.2 Å². The summed E-state index contributed by atoms with van der Waals surface area (Å²) in [6, 6.07) is 9.64. The summed E-state index contributed by atoms with van der Waals surface area (Å²) < 4.78 is 18.9. The van der Waals surface area contributed by atoms with Gasteiger partial charge in [-0.3, -0.25) is 9.20 Å². The Kier molecular flexibility index (Phi) is 6.18. The van der Waals surface area contributed by atoms with E-state index in [1.807, 2.05) is 30.3 Å². The van der Waals surface area contributed by atoms with E-state index in [-0.39, 0.29) is 5.41 Å². The highest BCUT2D eigenvalue weighted by atomic mass is 32.1. The summed E-state index contributed by atoms with van der Waals surface area (Å²) in [6.07, 6.45) is 11.7. The molecule has 3 heterocycles. The van der Waals surface area contributed by atoms with Crippen LogP contribution in [0.3, 0.4) is 0 Å². The molecular formula is C31H35N3O4S. The average molecular weight is 546 g/mol. The maximum Gasteiger partial charge on any atom is 0.229 e. The van der Waals surface area contributed by atoms with Gasteiger partial charge in [-0.1, -0.05) is 0 Å². The van der Waals surface area contributed by atoms with Crippen LogP contribution in [0.5, 0.6) is 11.5 Å². The number of rotatable bonds is 9. The number of benzene rings is 1. The summed E-state index contributed by atoms with van der Waals surface area (Å²) in [5.41, 5.74) is 2.72. The number of methoxy groups -OCH3 is 2. The van der Waals surface area contributed by atoms with Gasteiger partial charge in [-0.15, -0.1) is 11.3 Å². The molecule has 0 atom stereocenters. The second kappa shape index (κ2) is 9.73. The highest BCUT2D eigenvalue weighted by molar-refractivity contribution is 7.15. The number of hydrogen-bond acceptors (Lipinski definition) is 6. The molecule has 0 aliphatic heterocycles. The maximum absolute atomic E-state index is 14.3. The van der Waals surface area contributed by atoms with E-state index in [1.54, 1.807) is 31.8 Å². The fourth-order valence-electron chi connectivity index (χ4n) is 7.95. The normalized spacial score (nSPS) is 25.3. The molecule has 0 radical (unpaired) electrons. The summed E-state index contributed by atoms with van der Waals surface area (Å²) in [4.78, 5) is 22.2. The fourth-order valence-corrected chi connectivity index (χ4v) is 8.86. The largest absolute Gasteiger partial charge is 0.497 e. The number of carbonyl (C=O) groups is 1. The Balaban J connectivity index is 1.15. The van der Waals surface area contributed by atoms with Crippen LogP contribution in [0, 0.1) is 23.2 Å². The van der Waals surface area contributed by atoms with Crippen LogP contribution in [0.1, 0.15) is 50.0 Å². The Labute approximate surface area is 232 Å². The van der Waals surface area contributed by atoms with Crippen LogP contribution < -0.4 is 9.47 Å². The van der Waals surface area contributed by atoms with Gasteiger partial charge in [0.05, 0.1) is 38.1 Å². The van der Waals surface area contributed by atoms with Gasteiger partial charge >= 0.3 is 0 Å². The minimum atomic E-state index is -0.170. The van der Waals surface area contributed by atoms with Crippen molar-refractivity contribution in [1.29, 1.82) is 0 Å². The number of imidazole rings is 1. The van der Waals surface area contributed by atoms with Crippen LogP contribution in [-0.4, -0.2) is 41.0 Å². The van der Waals surface area contributed by atoms with Crippen molar-refractivity contribution in [2.45, 2.75) is 51.5 Å². The fraction of sp³-hybridized carbons (Fsp3) is 0.484. The summed E-state index contributed by atoms with van der Waals surface area (Å²) in [5.74, 6) is 4.92. The molecule has 0 saturated heterocycles. The van der Waals surface area contributed by atoms with Crippen molar-refractivity contribution in [3.05, 3.63) is 59.6 Å². The number of furan rings is 1. The van der Waals surface area contributed by atoms with E-state index < -0.39 is 0 Å². The Morgan fingerprint density at radius 3 is 2.56 bits per heavy atom. The van der Waals surface area contributed by atoms with E-state index in [9.17, 15) is 4.79 Å². The van der Waals surface area contributed by atoms with Crippen molar-refractivity contribution in [3.8, 4) is 22.8 Å². The molecule has 0 unspecified atom stereocenters. The van der Waals surface area contributed by atoms with Crippen molar-refractivity contribution in [2.75, 3.05) is 20.8 Å². The van der Waals surface area contributed by atoms with Crippen LogP contribution in [-0.2, 0) is 17.8 Å². The first kappa shape index (κ1) is 24.8. The highest BCUT2D eigenvalue weighted by Crippen LogP contribution is 2.60. The number of hydrogen-bond donors (Lipinski definition) is 0. The van der Waals surface area contributed by atoms with Crippen LogP contribution in [0.25, 0.3) is 16.2 Å². The zero-order valence-electron chi connectivity index (χ0n) is 22.6. The first-order chi connectivity index (χ1) is 19.0. The smallest absolute Gasteiger partial charge is 0.229 e. The Bertz CT molecular complexity index is 1450. The van der Waals surface area contributed by atoms with Crippen LogP contribution in [0.2, 0.25) is 0 Å². The van der Waals surface area contributed by atoms with E-state index in [0.29, 0.717) is 19.0 Å². The molecule has 4 fully saturated rings. The third kappa shape index (κ3) is 4.42. The van der Waals surface area contributed by atoms with Crippen LogP contribution in [0.15, 0.2) is 52.6 Å². The molecule has 4 aliphatic rings. The first-order valence-electron chi connectivity index (χ1n) is 14.0. The van der Waals surface area contributed by atoms with Gasteiger partial charge in [-0.25, -0.2) is 4.98 Å². The average Bonchev–Trinajstić information content (AvgIpc) is 3.68. The number of carbonyl (C=O) groups excluding carboxylic acids is 1. The summed E-state index contributed by atoms with van der Waals surface area (Å²) in [5, 5.41) is 2.16. The molecule has 7 nitrogen and oxygen atoms in total. The predicted octanol–water partition coefficient (Wildman–Crippen LogP) is 6.46. The van der Waals surface area contributed by atoms with Gasteiger partial charge in [0.1, 0.15) is 17.3 Å². The Morgan fingerprint density at radius 1 is 1.13 bits per heavy atom. The molecule has 4 aliphatic carbocycles. The van der Waals surface area contributed by atoms with Crippen LogP contribution >= 0.6 is 11.3 Å². The highest BCUT2D eigenvalue weighted by Gasteiger charge is 2.55. The summed E-state index contributed by atoms with van der Waals surface area (Å²) in [7, 11) is 3.33. The lowest BCUT2D eigenvalue weighted by Gasteiger charge is -2.56. The van der Waals surface area contributed by atoms with Crippen LogP contribution in [0.4, 0.5) is 0 Å². The quantitative estimate of drug-likeness (QED) is 0.241. The van der Waals surface area contributed by atoms with E-state index in [0.717, 1.165) is 82.6 Å². The molecule has 8 rings (SSSR count). The molecule has 0 N–H and O–H groups in total. The van der Waals surface area contributed by atoms with Crippen molar-refractivity contribution < 1.29 is 18.7 Å². The number of ether oxygens (including phenoxy) is 2. The molecule has 3 aromatic heterocycles. The standard InChI is InChI=1S/C31H35N3O4S/c1-36-24-5-6-28(37-2)26(13-24)27-18-34-23(19-39-30(34)32-27)7-8-33(17-25-4-3-9-38-25)29(35)31-14-20-10-21(15-31)12-22(11-20)16-31/h3-6,9,13,18-22H,7-8,10-12,14-17H2,1-2H3. The van der Waals surface area contributed by atoms with E-state index in [2.05, 4.69) is 20.9 Å². The van der Waals surface area contributed by atoms with Crippen molar-refractivity contribution in [3.63, 3.8) is 0 Å². The monoisotopic (exact) mass is 545 g/mol. The molecule has 0 spiro atoms. The van der Waals surface area contributed by atoms with Gasteiger partial charge in [-0.2, -0.15) is 0 Å². The molecule has 8 heteroatoms. The van der Waals surface area contributed by atoms with Gasteiger partial charge < -0.3 is 18.8 Å². The Morgan fingerprint density at radius 2 is 1.90 bits per heavy atom. The lowest BCUT2D eigenvalue weighted by atomic mass is 9.49. The Hall–Kier alpha value is -3.26. The zero-order chi connectivity index (χ0) is 26.6. The van der Waals surface area contributed by atoms with E-state index in [1.165, 1.54) is 19.3 Å². The summed E-state index contributed by atoms with van der Waals surface area (Å²) >= 11 is 1.62. The number of amides is 1. The van der Waals surface area contributed by atoms with Gasteiger partial charge in [0, 0.05) is 35.8 Å². The van der Waals surface area contributed by atoms with Crippen molar-refractivity contribution in [1.82, 2.24) is 14.3 Å². The lowest BCUT2D eigenvalue weighted by Crippen LogP contribution is -2.54. The molecule has 1 aromatic carbocycles. The second-order valence-corrected chi connectivity index (χ2v) is 12.7. The molecule has 204 valence electrons. The summed E-state index contributed by atoms with van der Waals surface area (Å²) in [6.45, 7) is 1.18. The third-order valence-electron chi connectivity index (χ3n) is 9.31. The molecular weight excluding hydrogens is 510 g/mol. The van der Waals surface area contributed by atoms with Gasteiger partial charge in [0.2, 0.25) is 5.91 Å². The number of fused-ring (bicyclic) bond motifs is 1. The van der Waals surface area contributed by atoms with E-state index in [4.69, 9.17) is 18.9 Å². The zero-order valence-corrected chi connectivity index (χ0v) is 23.4. The minimum Gasteiger partial charge on any atom is -0.497 e. The van der Waals surface area contributed by atoms with Gasteiger partial charge in [-0.05, 0) is 86.6 Å². The molecule has 39 heavy (non-hydrogen) atoms. The maximum atomic E-state index is 14.3. The SMILES string of the molecule is COc1ccc(OC)c(-c2cn3c(CCN(Cc4ccco4)C(=O)C45CC6CC(CC(C6)C4)C5)csc3n2)c1. The predicted molar refractivity (Wildman–Crippen MR) is 150 cm³/mol. The van der Waals surface area contributed by atoms with Crippen molar-refractivity contribution >= 4 is 22.2 Å². The van der Waals surface area contributed by atoms with Gasteiger partial charge in [0.15, 0.2) is 4.96 Å². The van der Waals surface area contributed by atoms with E-state index >= 15 is 0 Å². The minimum absolute atomic E-state index is 0.170. The number of aromatic nitrogens is 2. The number of thiazole rings is 1. The first-order valence-corrected chi connectivity index (χ1v) is 14.9. The van der Waals surface area contributed by atoms with Gasteiger partial charge in [0.25, 0.3) is 0 Å². The lowest BCUT2D eigenvalue weighted by molar-refractivity contribution is -0.158. The molecule has 4 aromatic rings. The third-order valence-corrected chi connectivity index (χ3v) is 10.2. The number of nitrogens with zero attached hydrogens (tertiary/aromatic N) is 3. The second-order valence-electron chi connectivity index (χ2n) is 11.8. The molecule has 4 saturated carbocycles. The molecule has 4 bridgehead atoms. The molecule has 1 amide bonds.